The van der Waals surface area contributed by atoms with Crippen LogP contribution in [0.15, 0.2) is 42.5 Å². The van der Waals surface area contributed by atoms with Crippen LogP contribution in [-0.4, -0.2) is 24.9 Å². The molecular formula is C19H20ClNO3S. The molecular weight excluding hydrogens is 358 g/mol. The molecule has 0 aliphatic carbocycles. The van der Waals surface area contributed by atoms with Gasteiger partial charge in [-0.05, 0) is 55.8 Å². The maximum Gasteiger partial charge on any atom is 0.238 e. The number of halogens is 1. The second-order valence-electron chi connectivity index (χ2n) is 5.48. The number of amides is 1. The van der Waals surface area contributed by atoms with Gasteiger partial charge in [0.25, 0.3) is 0 Å². The molecule has 132 valence electrons. The minimum absolute atomic E-state index is 0.0872. The van der Waals surface area contributed by atoms with Gasteiger partial charge in [0.2, 0.25) is 5.91 Å². The van der Waals surface area contributed by atoms with Crippen molar-refractivity contribution in [3.05, 3.63) is 53.1 Å². The molecule has 1 amide bonds. The Kier molecular flexibility index (Phi) is 5.76. The Balaban J connectivity index is 1.94. The molecule has 2 aromatic carbocycles. The van der Waals surface area contributed by atoms with Gasteiger partial charge in [0, 0.05) is 10.7 Å². The fraction of sp³-hybridized carbons (Fsp3) is 0.316. The number of ether oxygens (including phenoxy) is 2. The Labute approximate surface area is 157 Å². The predicted octanol–water partition coefficient (Wildman–Crippen LogP) is 4.92. The molecule has 1 saturated heterocycles. The molecule has 1 aliphatic heterocycles. The number of hydrogen-bond donors (Lipinski definition) is 0. The maximum atomic E-state index is 12.4. The average molecular weight is 378 g/mol. The SMILES string of the molecule is CCOc1ccc([C@H]2SCC(=O)N2c2ccc(Cl)cc2)cc1OCC. The molecule has 1 aliphatic rings. The Morgan fingerprint density at radius 2 is 1.76 bits per heavy atom. The zero-order valence-corrected chi connectivity index (χ0v) is 15.8. The summed E-state index contributed by atoms with van der Waals surface area (Å²) in [4.78, 5) is 14.3. The summed E-state index contributed by atoms with van der Waals surface area (Å²) in [6.45, 7) is 5.02. The van der Waals surface area contributed by atoms with E-state index in [4.69, 9.17) is 21.1 Å². The highest BCUT2D eigenvalue weighted by molar-refractivity contribution is 8.00. The van der Waals surface area contributed by atoms with E-state index in [1.807, 2.05) is 49.1 Å². The number of carbonyl (C=O) groups is 1. The van der Waals surface area contributed by atoms with Crippen molar-refractivity contribution >= 4 is 35.0 Å². The van der Waals surface area contributed by atoms with Crippen molar-refractivity contribution in [2.75, 3.05) is 23.9 Å². The third-order valence-corrected chi connectivity index (χ3v) is 5.29. The first-order chi connectivity index (χ1) is 12.1. The van der Waals surface area contributed by atoms with E-state index in [1.54, 1.807) is 23.9 Å². The fourth-order valence-electron chi connectivity index (χ4n) is 2.77. The summed E-state index contributed by atoms with van der Waals surface area (Å²) in [5.74, 6) is 1.97. The predicted molar refractivity (Wildman–Crippen MR) is 103 cm³/mol. The van der Waals surface area contributed by atoms with Crippen LogP contribution in [0.1, 0.15) is 24.8 Å². The van der Waals surface area contributed by atoms with Gasteiger partial charge in [0.05, 0.1) is 19.0 Å². The lowest BCUT2D eigenvalue weighted by Gasteiger charge is -2.25. The number of rotatable bonds is 6. The Hall–Kier alpha value is -1.85. The first-order valence-electron chi connectivity index (χ1n) is 8.22. The lowest BCUT2D eigenvalue weighted by Crippen LogP contribution is -2.27. The van der Waals surface area contributed by atoms with Crippen molar-refractivity contribution in [1.29, 1.82) is 0 Å². The van der Waals surface area contributed by atoms with Crippen LogP contribution in [0.4, 0.5) is 5.69 Å². The van der Waals surface area contributed by atoms with Gasteiger partial charge in [-0.2, -0.15) is 0 Å². The Morgan fingerprint density at radius 3 is 2.44 bits per heavy atom. The van der Waals surface area contributed by atoms with Crippen LogP contribution < -0.4 is 14.4 Å². The third-order valence-electron chi connectivity index (χ3n) is 3.83. The summed E-state index contributed by atoms with van der Waals surface area (Å²) in [6, 6.07) is 13.2. The standard InChI is InChI=1S/C19H20ClNO3S/c1-3-23-16-10-5-13(11-17(16)24-4-2)19-21(18(22)12-25-19)15-8-6-14(20)7-9-15/h5-11,19H,3-4,12H2,1-2H3/t19-/m1/s1. The van der Waals surface area contributed by atoms with E-state index in [1.165, 1.54) is 0 Å². The van der Waals surface area contributed by atoms with E-state index < -0.39 is 0 Å². The minimum Gasteiger partial charge on any atom is -0.490 e. The van der Waals surface area contributed by atoms with Crippen LogP contribution in [0.25, 0.3) is 0 Å². The van der Waals surface area contributed by atoms with Crippen LogP contribution in [0.5, 0.6) is 11.5 Å². The lowest BCUT2D eigenvalue weighted by molar-refractivity contribution is -0.115. The largest absolute Gasteiger partial charge is 0.490 e. The van der Waals surface area contributed by atoms with E-state index in [2.05, 4.69) is 0 Å². The smallest absolute Gasteiger partial charge is 0.238 e. The summed E-state index contributed by atoms with van der Waals surface area (Å²) in [5, 5.41) is 0.558. The molecule has 1 heterocycles. The van der Waals surface area contributed by atoms with Crippen molar-refractivity contribution in [2.45, 2.75) is 19.2 Å². The van der Waals surface area contributed by atoms with E-state index in [-0.39, 0.29) is 11.3 Å². The van der Waals surface area contributed by atoms with Crippen molar-refractivity contribution in [1.82, 2.24) is 0 Å². The van der Waals surface area contributed by atoms with Gasteiger partial charge < -0.3 is 9.47 Å². The monoisotopic (exact) mass is 377 g/mol. The Bertz CT molecular complexity index is 751. The molecule has 0 radical (unpaired) electrons. The highest BCUT2D eigenvalue weighted by Gasteiger charge is 2.34. The summed E-state index contributed by atoms with van der Waals surface area (Å²) < 4.78 is 11.3. The van der Waals surface area contributed by atoms with Crippen LogP contribution in [0.2, 0.25) is 5.02 Å². The van der Waals surface area contributed by atoms with Gasteiger partial charge in [-0.15, -0.1) is 11.8 Å². The number of benzene rings is 2. The number of nitrogens with zero attached hydrogens (tertiary/aromatic N) is 1. The minimum atomic E-state index is -0.0939. The molecule has 6 heteroatoms. The highest BCUT2D eigenvalue weighted by atomic mass is 35.5. The molecule has 3 rings (SSSR count). The van der Waals surface area contributed by atoms with Gasteiger partial charge in [0.1, 0.15) is 5.37 Å². The van der Waals surface area contributed by atoms with Crippen LogP contribution in [0, 0.1) is 0 Å². The third kappa shape index (κ3) is 3.88. The van der Waals surface area contributed by atoms with Crippen molar-refractivity contribution in [2.24, 2.45) is 0 Å². The summed E-state index contributed by atoms with van der Waals surface area (Å²) in [5.41, 5.74) is 1.86. The fourth-order valence-corrected chi connectivity index (χ4v) is 4.07. The summed E-state index contributed by atoms with van der Waals surface area (Å²) >= 11 is 7.58. The van der Waals surface area contributed by atoms with Gasteiger partial charge in [0.15, 0.2) is 11.5 Å². The number of thioether (sulfide) groups is 1. The number of carbonyl (C=O) groups excluding carboxylic acids is 1. The molecule has 0 spiro atoms. The van der Waals surface area contributed by atoms with E-state index in [0.717, 1.165) is 17.0 Å². The molecule has 2 aromatic rings. The molecule has 1 fully saturated rings. The van der Waals surface area contributed by atoms with Gasteiger partial charge in [-0.25, -0.2) is 0 Å². The second-order valence-corrected chi connectivity index (χ2v) is 6.98. The first-order valence-corrected chi connectivity index (χ1v) is 9.65. The molecule has 0 saturated carbocycles. The molecule has 0 unspecified atom stereocenters. The molecule has 25 heavy (non-hydrogen) atoms. The maximum absolute atomic E-state index is 12.4. The number of anilines is 1. The quantitative estimate of drug-likeness (QED) is 0.716. The van der Waals surface area contributed by atoms with Crippen molar-refractivity contribution < 1.29 is 14.3 Å². The molecule has 1 atom stereocenters. The molecule has 0 N–H and O–H groups in total. The van der Waals surface area contributed by atoms with Crippen molar-refractivity contribution in [3.63, 3.8) is 0 Å². The molecule has 0 aromatic heterocycles. The van der Waals surface area contributed by atoms with E-state index >= 15 is 0 Å². The van der Waals surface area contributed by atoms with Gasteiger partial charge in [-0.1, -0.05) is 17.7 Å². The highest BCUT2D eigenvalue weighted by Crippen LogP contribution is 2.44. The molecule has 4 nitrogen and oxygen atoms in total. The van der Waals surface area contributed by atoms with Gasteiger partial charge >= 0.3 is 0 Å². The average Bonchev–Trinajstić information content (AvgIpc) is 2.99. The van der Waals surface area contributed by atoms with Crippen LogP contribution in [-0.2, 0) is 4.79 Å². The normalized spacial score (nSPS) is 17.0. The number of hydrogen-bond acceptors (Lipinski definition) is 4. The van der Waals surface area contributed by atoms with E-state index in [0.29, 0.717) is 29.7 Å². The van der Waals surface area contributed by atoms with Gasteiger partial charge in [-0.3, -0.25) is 9.69 Å². The zero-order chi connectivity index (χ0) is 17.8. The first kappa shape index (κ1) is 18.0. The second kappa shape index (κ2) is 8.02. The topological polar surface area (TPSA) is 38.8 Å². The van der Waals surface area contributed by atoms with E-state index in [9.17, 15) is 4.79 Å². The van der Waals surface area contributed by atoms with Crippen molar-refractivity contribution in [3.8, 4) is 11.5 Å². The van der Waals surface area contributed by atoms with Crippen LogP contribution in [0.3, 0.4) is 0 Å². The Morgan fingerprint density at radius 1 is 1.08 bits per heavy atom. The molecule has 0 bridgehead atoms. The summed E-state index contributed by atoms with van der Waals surface area (Å²) in [6.07, 6.45) is 0. The zero-order valence-electron chi connectivity index (χ0n) is 14.2. The van der Waals surface area contributed by atoms with Crippen LogP contribution >= 0.6 is 23.4 Å². The summed E-state index contributed by atoms with van der Waals surface area (Å²) in [7, 11) is 0. The lowest BCUT2D eigenvalue weighted by atomic mass is 10.1.